The molecule has 2 aromatic heterocycles. The smallest absolute Gasteiger partial charge is 0.263 e. The molecule has 1 atom stereocenters. The standard InChI is InChI=1S/C16H19ClN4O2/c1-10-13(14(17)20(3)18-10)12-7-5-9-21(12)16(23)11-6-4-8-19(2)15(11)22/h4,6,8,12H,5,7,9H2,1-3H3. The van der Waals surface area contributed by atoms with Gasteiger partial charge in [0.2, 0.25) is 0 Å². The van der Waals surface area contributed by atoms with Crippen LogP contribution in [-0.4, -0.2) is 31.7 Å². The van der Waals surface area contributed by atoms with E-state index in [0.717, 1.165) is 24.1 Å². The fraction of sp³-hybridized carbons (Fsp3) is 0.438. The molecule has 3 heterocycles. The van der Waals surface area contributed by atoms with Gasteiger partial charge in [-0.05, 0) is 31.9 Å². The molecule has 1 amide bonds. The third kappa shape index (κ3) is 2.57. The lowest BCUT2D eigenvalue weighted by Gasteiger charge is -2.25. The van der Waals surface area contributed by atoms with Gasteiger partial charge in [0, 0.05) is 32.4 Å². The fourth-order valence-corrected chi connectivity index (χ4v) is 3.55. The number of hydrogen-bond acceptors (Lipinski definition) is 3. The molecule has 3 rings (SSSR count). The SMILES string of the molecule is Cc1nn(C)c(Cl)c1C1CCCN1C(=O)c1cccn(C)c1=O. The van der Waals surface area contributed by atoms with Crippen LogP contribution in [0, 0.1) is 6.92 Å². The maximum Gasteiger partial charge on any atom is 0.263 e. The van der Waals surface area contributed by atoms with Crippen LogP contribution in [0.15, 0.2) is 23.1 Å². The molecule has 1 unspecified atom stereocenters. The maximum atomic E-state index is 12.9. The summed E-state index contributed by atoms with van der Waals surface area (Å²) in [5, 5.41) is 4.88. The van der Waals surface area contributed by atoms with E-state index in [1.807, 2.05) is 6.92 Å². The van der Waals surface area contributed by atoms with Crippen LogP contribution in [0.4, 0.5) is 0 Å². The van der Waals surface area contributed by atoms with Crippen molar-refractivity contribution in [2.45, 2.75) is 25.8 Å². The first-order valence-corrected chi connectivity index (χ1v) is 7.95. The quantitative estimate of drug-likeness (QED) is 0.844. The van der Waals surface area contributed by atoms with E-state index in [0.29, 0.717) is 11.7 Å². The van der Waals surface area contributed by atoms with Crippen LogP contribution >= 0.6 is 11.6 Å². The van der Waals surface area contributed by atoms with E-state index < -0.39 is 0 Å². The van der Waals surface area contributed by atoms with Gasteiger partial charge in [0.05, 0.1) is 11.7 Å². The van der Waals surface area contributed by atoms with Gasteiger partial charge < -0.3 is 9.47 Å². The summed E-state index contributed by atoms with van der Waals surface area (Å²) in [4.78, 5) is 26.8. The van der Waals surface area contributed by atoms with Gasteiger partial charge in [-0.25, -0.2) is 0 Å². The minimum absolute atomic E-state index is 0.131. The molecule has 122 valence electrons. The van der Waals surface area contributed by atoms with Crippen LogP contribution in [0.3, 0.4) is 0 Å². The molecule has 0 radical (unpaired) electrons. The molecule has 1 aliphatic rings. The first kappa shape index (κ1) is 15.8. The Balaban J connectivity index is 2.00. The lowest BCUT2D eigenvalue weighted by molar-refractivity contribution is 0.0733. The summed E-state index contributed by atoms with van der Waals surface area (Å²) < 4.78 is 3.04. The van der Waals surface area contributed by atoms with Gasteiger partial charge in [-0.15, -0.1) is 0 Å². The van der Waals surface area contributed by atoms with Crippen molar-refractivity contribution in [3.8, 4) is 0 Å². The van der Waals surface area contributed by atoms with Gasteiger partial charge >= 0.3 is 0 Å². The number of halogens is 1. The second-order valence-electron chi connectivity index (χ2n) is 5.91. The molecule has 0 saturated carbocycles. The molecule has 0 spiro atoms. The third-order valence-electron chi connectivity index (χ3n) is 4.40. The molecule has 6 nitrogen and oxygen atoms in total. The van der Waals surface area contributed by atoms with Crippen molar-refractivity contribution in [1.29, 1.82) is 0 Å². The summed E-state index contributed by atoms with van der Waals surface area (Å²) >= 11 is 6.36. The van der Waals surface area contributed by atoms with Crippen molar-refractivity contribution in [2.75, 3.05) is 6.54 Å². The van der Waals surface area contributed by atoms with Crippen molar-refractivity contribution in [1.82, 2.24) is 19.2 Å². The topological polar surface area (TPSA) is 60.1 Å². The lowest BCUT2D eigenvalue weighted by Crippen LogP contribution is -2.36. The predicted molar refractivity (Wildman–Crippen MR) is 87.6 cm³/mol. The Labute approximate surface area is 139 Å². The molecule has 0 N–H and O–H groups in total. The molecule has 0 aliphatic carbocycles. The Kier molecular flexibility index (Phi) is 4.02. The molecule has 0 bridgehead atoms. The zero-order valence-electron chi connectivity index (χ0n) is 13.4. The molecule has 1 saturated heterocycles. The number of amides is 1. The van der Waals surface area contributed by atoms with E-state index in [1.54, 1.807) is 42.0 Å². The molecule has 1 fully saturated rings. The van der Waals surface area contributed by atoms with E-state index in [2.05, 4.69) is 5.10 Å². The summed E-state index contributed by atoms with van der Waals surface area (Å²) in [7, 11) is 3.43. The van der Waals surface area contributed by atoms with Crippen molar-refractivity contribution < 1.29 is 4.79 Å². The average molecular weight is 335 g/mol. The highest BCUT2D eigenvalue weighted by Gasteiger charge is 2.35. The Hall–Kier alpha value is -2.08. The number of nitrogens with zero attached hydrogens (tertiary/aromatic N) is 4. The highest BCUT2D eigenvalue weighted by Crippen LogP contribution is 2.38. The van der Waals surface area contributed by atoms with Crippen molar-refractivity contribution >= 4 is 17.5 Å². The van der Waals surface area contributed by atoms with Crippen LogP contribution in [-0.2, 0) is 14.1 Å². The molecule has 23 heavy (non-hydrogen) atoms. The summed E-state index contributed by atoms with van der Waals surface area (Å²) in [6.45, 7) is 2.51. The van der Waals surface area contributed by atoms with Gasteiger partial charge in [-0.2, -0.15) is 5.10 Å². The van der Waals surface area contributed by atoms with Crippen molar-refractivity contribution in [3.05, 3.63) is 50.7 Å². The van der Waals surface area contributed by atoms with Crippen molar-refractivity contribution in [2.24, 2.45) is 14.1 Å². The minimum Gasteiger partial charge on any atom is -0.331 e. The average Bonchev–Trinajstić information content (AvgIpc) is 3.07. The first-order chi connectivity index (χ1) is 10.9. The predicted octanol–water partition coefficient (Wildman–Crippen LogP) is 2.06. The van der Waals surface area contributed by atoms with Crippen molar-refractivity contribution in [3.63, 3.8) is 0 Å². The van der Waals surface area contributed by atoms with Crippen LogP contribution in [0.25, 0.3) is 0 Å². The molecule has 7 heteroatoms. The van der Waals surface area contributed by atoms with E-state index in [1.165, 1.54) is 4.57 Å². The summed E-state index contributed by atoms with van der Waals surface area (Å²) in [5.41, 5.74) is 1.62. The number of aryl methyl sites for hydroxylation is 3. The van der Waals surface area contributed by atoms with Gasteiger partial charge in [0.15, 0.2) is 0 Å². The van der Waals surface area contributed by atoms with E-state index >= 15 is 0 Å². The summed E-state index contributed by atoms with van der Waals surface area (Å²) in [6, 6.07) is 3.16. The van der Waals surface area contributed by atoms with E-state index in [4.69, 9.17) is 11.6 Å². The Morgan fingerprint density at radius 2 is 2.13 bits per heavy atom. The first-order valence-electron chi connectivity index (χ1n) is 7.57. The zero-order chi connectivity index (χ0) is 16.7. The van der Waals surface area contributed by atoms with Crippen LogP contribution in [0.1, 0.15) is 40.5 Å². The fourth-order valence-electron chi connectivity index (χ4n) is 3.25. The number of hydrogen-bond donors (Lipinski definition) is 0. The van der Waals surface area contributed by atoms with E-state index in [-0.39, 0.29) is 23.1 Å². The van der Waals surface area contributed by atoms with Crippen LogP contribution in [0.2, 0.25) is 5.15 Å². The number of aromatic nitrogens is 3. The highest BCUT2D eigenvalue weighted by atomic mass is 35.5. The summed E-state index contributed by atoms with van der Waals surface area (Å²) in [5.74, 6) is -0.243. The van der Waals surface area contributed by atoms with Gasteiger partial charge in [-0.3, -0.25) is 14.3 Å². The molecule has 0 aromatic carbocycles. The van der Waals surface area contributed by atoms with Gasteiger partial charge in [0.25, 0.3) is 11.5 Å². The molecular formula is C16H19ClN4O2. The molecule has 2 aromatic rings. The van der Waals surface area contributed by atoms with E-state index in [9.17, 15) is 9.59 Å². The molecular weight excluding hydrogens is 316 g/mol. The van der Waals surface area contributed by atoms with Gasteiger partial charge in [0.1, 0.15) is 10.7 Å². The monoisotopic (exact) mass is 334 g/mol. The highest BCUT2D eigenvalue weighted by molar-refractivity contribution is 6.30. The number of pyridine rings is 1. The third-order valence-corrected chi connectivity index (χ3v) is 4.84. The molecule has 1 aliphatic heterocycles. The largest absolute Gasteiger partial charge is 0.331 e. The Morgan fingerprint density at radius 3 is 2.78 bits per heavy atom. The number of rotatable bonds is 2. The minimum atomic E-state index is -0.280. The van der Waals surface area contributed by atoms with Gasteiger partial charge in [-0.1, -0.05) is 11.6 Å². The Morgan fingerprint density at radius 1 is 1.39 bits per heavy atom. The number of carbonyl (C=O) groups excluding carboxylic acids is 1. The Bertz CT molecular complexity index is 824. The maximum absolute atomic E-state index is 12.9. The zero-order valence-corrected chi connectivity index (χ0v) is 14.2. The second-order valence-corrected chi connectivity index (χ2v) is 6.27. The second kappa shape index (κ2) is 5.85. The summed E-state index contributed by atoms with van der Waals surface area (Å²) in [6.07, 6.45) is 3.35. The lowest BCUT2D eigenvalue weighted by atomic mass is 10.1. The van der Waals surface area contributed by atoms with Crippen LogP contribution in [0.5, 0.6) is 0 Å². The number of likely N-dealkylation sites (tertiary alicyclic amines) is 1. The van der Waals surface area contributed by atoms with Crippen LogP contribution < -0.4 is 5.56 Å². The number of carbonyl (C=O) groups is 1. The normalized spacial score (nSPS) is 17.7.